The van der Waals surface area contributed by atoms with E-state index in [4.69, 9.17) is 4.74 Å². The summed E-state index contributed by atoms with van der Waals surface area (Å²) in [6.07, 6.45) is 5.36. The number of carbonyl (C=O) groups excluding carboxylic acids is 1. The number of nitrogens with one attached hydrogen (secondary N) is 1. The summed E-state index contributed by atoms with van der Waals surface area (Å²) in [5.74, 6) is 0.563. The highest BCUT2D eigenvalue weighted by molar-refractivity contribution is 5.89. The Kier molecular flexibility index (Phi) is 5.35. The molecule has 1 aliphatic heterocycles. The summed E-state index contributed by atoms with van der Waals surface area (Å²) in [7, 11) is 2.03. The Hall–Kier alpha value is -1.62. The van der Waals surface area contributed by atoms with E-state index >= 15 is 0 Å². The fourth-order valence-electron chi connectivity index (χ4n) is 2.45. The van der Waals surface area contributed by atoms with Crippen molar-refractivity contribution in [3.63, 3.8) is 0 Å². The molecule has 0 radical (unpaired) electrons. The van der Waals surface area contributed by atoms with Crippen molar-refractivity contribution in [1.29, 1.82) is 0 Å². The number of rotatable bonds is 5. The van der Waals surface area contributed by atoms with Crippen LogP contribution in [-0.4, -0.2) is 43.7 Å². The molecular weight excluding hydrogens is 254 g/mol. The minimum Gasteiger partial charge on any atom is -0.462 e. The summed E-state index contributed by atoms with van der Waals surface area (Å²) < 4.78 is 4.95. The lowest BCUT2D eigenvalue weighted by Gasteiger charge is -2.28. The highest BCUT2D eigenvalue weighted by Crippen LogP contribution is 2.14. The van der Waals surface area contributed by atoms with Crippen LogP contribution in [0.3, 0.4) is 0 Å². The minimum atomic E-state index is -0.317. The van der Waals surface area contributed by atoms with Gasteiger partial charge in [0, 0.05) is 25.8 Å². The molecule has 5 heteroatoms. The standard InChI is InChI=1S/C15H23N3O2/c1-3-20-15(19)12-7-8-14(17-10-12)18(2)11-13-6-4-5-9-16-13/h7-8,10,13,16H,3-6,9,11H2,1-2H3. The van der Waals surface area contributed by atoms with Crippen molar-refractivity contribution in [2.75, 3.05) is 31.6 Å². The monoisotopic (exact) mass is 277 g/mol. The first-order chi connectivity index (χ1) is 9.70. The van der Waals surface area contributed by atoms with Crippen molar-refractivity contribution in [1.82, 2.24) is 10.3 Å². The van der Waals surface area contributed by atoms with Crippen LogP contribution in [0, 0.1) is 0 Å². The van der Waals surface area contributed by atoms with Crippen molar-refractivity contribution in [2.45, 2.75) is 32.2 Å². The zero-order chi connectivity index (χ0) is 14.4. The summed E-state index contributed by atoms with van der Waals surface area (Å²) >= 11 is 0. The lowest BCUT2D eigenvalue weighted by atomic mass is 10.0. The van der Waals surface area contributed by atoms with Gasteiger partial charge in [-0.05, 0) is 38.4 Å². The highest BCUT2D eigenvalue weighted by atomic mass is 16.5. The number of esters is 1. The first-order valence-corrected chi connectivity index (χ1v) is 7.28. The van der Waals surface area contributed by atoms with Crippen LogP contribution < -0.4 is 10.2 Å². The van der Waals surface area contributed by atoms with Crippen LogP contribution in [0.5, 0.6) is 0 Å². The number of nitrogens with zero attached hydrogens (tertiary/aromatic N) is 2. The second-order valence-electron chi connectivity index (χ2n) is 5.15. The van der Waals surface area contributed by atoms with Gasteiger partial charge in [0.25, 0.3) is 0 Å². The molecule has 0 saturated carbocycles. The second kappa shape index (κ2) is 7.24. The zero-order valence-electron chi connectivity index (χ0n) is 12.3. The molecule has 1 saturated heterocycles. The normalized spacial score (nSPS) is 18.6. The van der Waals surface area contributed by atoms with Crippen LogP contribution in [0.15, 0.2) is 18.3 Å². The molecule has 0 bridgehead atoms. The van der Waals surface area contributed by atoms with Crippen molar-refractivity contribution in [3.8, 4) is 0 Å². The molecule has 2 heterocycles. The van der Waals surface area contributed by atoms with Crippen molar-refractivity contribution in [3.05, 3.63) is 23.9 Å². The lowest BCUT2D eigenvalue weighted by Crippen LogP contribution is -2.42. The lowest BCUT2D eigenvalue weighted by molar-refractivity contribution is 0.0526. The van der Waals surface area contributed by atoms with Gasteiger partial charge in [-0.15, -0.1) is 0 Å². The first-order valence-electron chi connectivity index (χ1n) is 7.28. The molecule has 0 amide bonds. The number of piperidine rings is 1. The molecule has 20 heavy (non-hydrogen) atoms. The number of anilines is 1. The predicted molar refractivity (Wildman–Crippen MR) is 79.1 cm³/mol. The molecule has 1 N–H and O–H groups in total. The van der Waals surface area contributed by atoms with Gasteiger partial charge in [0.05, 0.1) is 12.2 Å². The summed E-state index contributed by atoms with van der Waals surface area (Å²) in [5, 5.41) is 3.52. The van der Waals surface area contributed by atoms with E-state index in [2.05, 4.69) is 15.2 Å². The van der Waals surface area contributed by atoms with Crippen LogP contribution in [0.2, 0.25) is 0 Å². The molecule has 1 aromatic heterocycles. The number of hydrogen-bond acceptors (Lipinski definition) is 5. The molecule has 1 unspecified atom stereocenters. The molecule has 1 aliphatic rings. The van der Waals surface area contributed by atoms with E-state index in [0.717, 1.165) is 18.9 Å². The molecular formula is C15H23N3O2. The minimum absolute atomic E-state index is 0.317. The summed E-state index contributed by atoms with van der Waals surface area (Å²) in [4.78, 5) is 18.0. The third kappa shape index (κ3) is 3.93. The van der Waals surface area contributed by atoms with E-state index in [1.807, 2.05) is 13.1 Å². The van der Waals surface area contributed by atoms with E-state index in [9.17, 15) is 4.79 Å². The third-order valence-corrected chi connectivity index (χ3v) is 3.56. The van der Waals surface area contributed by atoms with Gasteiger partial charge in [-0.25, -0.2) is 9.78 Å². The third-order valence-electron chi connectivity index (χ3n) is 3.56. The average Bonchev–Trinajstić information content (AvgIpc) is 2.48. The van der Waals surface area contributed by atoms with Gasteiger partial charge < -0.3 is 15.0 Å². The quantitative estimate of drug-likeness (QED) is 0.832. The number of aromatic nitrogens is 1. The number of ether oxygens (including phenoxy) is 1. The maximum absolute atomic E-state index is 11.6. The molecule has 1 fully saturated rings. The maximum atomic E-state index is 11.6. The topological polar surface area (TPSA) is 54.5 Å². The number of pyridine rings is 1. The maximum Gasteiger partial charge on any atom is 0.339 e. The molecule has 1 atom stereocenters. The Labute approximate surface area is 120 Å². The summed E-state index contributed by atoms with van der Waals surface area (Å²) in [6.45, 7) is 4.22. The number of likely N-dealkylation sites (N-methyl/N-ethyl adjacent to an activating group) is 1. The average molecular weight is 277 g/mol. The Balaban J connectivity index is 1.92. The molecule has 110 valence electrons. The fraction of sp³-hybridized carbons (Fsp3) is 0.600. The van der Waals surface area contributed by atoms with Gasteiger partial charge in [-0.1, -0.05) is 6.42 Å². The molecule has 1 aromatic rings. The number of hydrogen-bond donors (Lipinski definition) is 1. The SMILES string of the molecule is CCOC(=O)c1ccc(N(C)CC2CCCCN2)nc1. The first kappa shape index (κ1) is 14.8. The Morgan fingerprint density at radius 2 is 2.35 bits per heavy atom. The van der Waals surface area contributed by atoms with E-state index in [1.54, 1.807) is 19.2 Å². The summed E-state index contributed by atoms with van der Waals surface area (Å²) in [5.41, 5.74) is 0.500. The van der Waals surface area contributed by atoms with Crippen LogP contribution in [0.4, 0.5) is 5.82 Å². The van der Waals surface area contributed by atoms with Crippen LogP contribution >= 0.6 is 0 Å². The van der Waals surface area contributed by atoms with Crippen molar-refractivity contribution in [2.24, 2.45) is 0 Å². The smallest absolute Gasteiger partial charge is 0.339 e. The van der Waals surface area contributed by atoms with Crippen LogP contribution in [-0.2, 0) is 4.74 Å². The molecule has 0 aromatic carbocycles. The Morgan fingerprint density at radius 1 is 1.50 bits per heavy atom. The zero-order valence-corrected chi connectivity index (χ0v) is 12.3. The van der Waals surface area contributed by atoms with Crippen molar-refractivity contribution < 1.29 is 9.53 Å². The molecule has 0 spiro atoms. The van der Waals surface area contributed by atoms with Gasteiger partial charge in [0.2, 0.25) is 0 Å². The highest BCUT2D eigenvalue weighted by Gasteiger charge is 2.15. The predicted octanol–water partition coefficient (Wildman–Crippen LogP) is 1.84. The van der Waals surface area contributed by atoms with Gasteiger partial charge in [0.15, 0.2) is 0 Å². The van der Waals surface area contributed by atoms with Crippen molar-refractivity contribution >= 4 is 11.8 Å². The Morgan fingerprint density at radius 3 is 2.95 bits per heavy atom. The van der Waals surface area contributed by atoms with Gasteiger partial charge >= 0.3 is 5.97 Å². The van der Waals surface area contributed by atoms with Crippen LogP contribution in [0.25, 0.3) is 0 Å². The molecule has 2 rings (SSSR count). The van der Waals surface area contributed by atoms with E-state index in [0.29, 0.717) is 18.2 Å². The van der Waals surface area contributed by atoms with E-state index in [-0.39, 0.29) is 5.97 Å². The Bertz CT molecular complexity index is 427. The number of carbonyl (C=O) groups is 1. The van der Waals surface area contributed by atoms with Gasteiger partial charge in [-0.2, -0.15) is 0 Å². The molecule has 0 aliphatic carbocycles. The fourth-order valence-corrected chi connectivity index (χ4v) is 2.45. The van der Waals surface area contributed by atoms with Crippen LogP contribution in [0.1, 0.15) is 36.5 Å². The van der Waals surface area contributed by atoms with E-state index < -0.39 is 0 Å². The largest absolute Gasteiger partial charge is 0.462 e. The van der Waals surface area contributed by atoms with Gasteiger partial charge in [-0.3, -0.25) is 0 Å². The second-order valence-corrected chi connectivity index (χ2v) is 5.15. The van der Waals surface area contributed by atoms with Gasteiger partial charge in [0.1, 0.15) is 5.82 Å². The summed E-state index contributed by atoms with van der Waals surface area (Å²) in [6, 6.07) is 4.17. The molecule has 5 nitrogen and oxygen atoms in total. The van der Waals surface area contributed by atoms with E-state index in [1.165, 1.54) is 19.3 Å².